The maximum atomic E-state index is 12.1. The van der Waals surface area contributed by atoms with E-state index in [-0.39, 0.29) is 10.8 Å². The molecule has 0 saturated heterocycles. The number of sulfone groups is 1. The summed E-state index contributed by atoms with van der Waals surface area (Å²) in [6, 6.07) is 11.4. The molecule has 2 aromatic rings. The van der Waals surface area contributed by atoms with Crippen LogP contribution in [0.2, 0.25) is 0 Å². The first-order valence-corrected chi connectivity index (χ1v) is 8.83. The molecule has 0 aromatic heterocycles. The van der Waals surface area contributed by atoms with E-state index < -0.39 is 9.84 Å². The van der Waals surface area contributed by atoms with Crippen molar-refractivity contribution >= 4 is 37.4 Å². The standard InChI is InChI=1S/C15H14BrNO3S/c1-10-9-12(16)5-8-14(10)17-15(18)11-3-6-13(7-4-11)21(2,19)20/h3-9H,1-2H3,(H,17,18). The molecule has 0 fully saturated rings. The smallest absolute Gasteiger partial charge is 0.255 e. The molecule has 2 rings (SSSR count). The molecule has 0 bridgehead atoms. The molecule has 0 aliphatic heterocycles. The van der Waals surface area contributed by atoms with Crippen LogP contribution in [-0.2, 0) is 9.84 Å². The molecule has 0 spiro atoms. The third kappa shape index (κ3) is 3.92. The minimum Gasteiger partial charge on any atom is -0.322 e. The first kappa shape index (κ1) is 15.7. The second kappa shape index (κ2) is 5.99. The third-order valence-corrected chi connectivity index (χ3v) is 4.60. The van der Waals surface area contributed by atoms with Crippen molar-refractivity contribution in [3.05, 3.63) is 58.1 Å². The molecule has 0 aliphatic rings. The van der Waals surface area contributed by atoms with Gasteiger partial charge in [0.15, 0.2) is 9.84 Å². The number of halogens is 1. The van der Waals surface area contributed by atoms with Gasteiger partial charge in [-0.2, -0.15) is 0 Å². The van der Waals surface area contributed by atoms with Gasteiger partial charge in [-0.05, 0) is 55.0 Å². The van der Waals surface area contributed by atoms with E-state index in [1.54, 1.807) is 0 Å². The second-order valence-electron chi connectivity index (χ2n) is 4.71. The SMILES string of the molecule is Cc1cc(Br)ccc1NC(=O)c1ccc(S(C)(=O)=O)cc1. The summed E-state index contributed by atoms with van der Waals surface area (Å²) in [5.74, 6) is -0.277. The second-order valence-corrected chi connectivity index (χ2v) is 7.64. The zero-order valence-corrected chi connectivity index (χ0v) is 14.0. The van der Waals surface area contributed by atoms with Crippen LogP contribution >= 0.6 is 15.9 Å². The van der Waals surface area contributed by atoms with E-state index in [0.717, 1.165) is 22.0 Å². The molecule has 0 heterocycles. The number of carbonyl (C=O) groups is 1. The quantitative estimate of drug-likeness (QED) is 0.903. The first-order chi connectivity index (χ1) is 9.77. The summed E-state index contributed by atoms with van der Waals surface area (Å²) in [5, 5.41) is 2.80. The van der Waals surface area contributed by atoms with Crippen LogP contribution < -0.4 is 5.32 Å². The summed E-state index contributed by atoms with van der Waals surface area (Å²) in [4.78, 5) is 12.3. The summed E-state index contributed by atoms with van der Waals surface area (Å²) in [6.07, 6.45) is 1.13. The Morgan fingerprint density at radius 1 is 1.10 bits per heavy atom. The molecule has 4 nitrogen and oxygen atoms in total. The van der Waals surface area contributed by atoms with Gasteiger partial charge in [0.2, 0.25) is 0 Å². The molecule has 110 valence electrons. The van der Waals surface area contributed by atoms with Crippen LogP contribution in [0.25, 0.3) is 0 Å². The molecule has 6 heteroatoms. The van der Waals surface area contributed by atoms with Crippen LogP contribution in [0.5, 0.6) is 0 Å². The van der Waals surface area contributed by atoms with Gasteiger partial charge in [0.25, 0.3) is 5.91 Å². The van der Waals surface area contributed by atoms with Gasteiger partial charge in [-0.3, -0.25) is 4.79 Å². The van der Waals surface area contributed by atoms with Gasteiger partial charge < -0.3 is 5.32 Å². The zero-order valence-electron chi connectivity index (χ0n) is 11.6. The van der Waals surface area contributed by atoms with Crippen LogP contribution in [0.4, 0.5) is 5.69 Å². The van der Waals surface area contributed by atoms with Crippen LogP contribution in [0.15, 0.2) is 51.8 Å². The van der Waals surface area contributed by atoms with E-state index in [4.69, 9.17) is 0 Å². The molecule has 21 heavy (non-hydrogen) atoms. The van der Waals surface area contributed by atoms with Crippen molar-refractivity contribution in [2.24, 2.45) is 0 Å². The number of amides is 1. The Labute approximate surface area is 132 Å². The summed E-state index contributed by atoms with van der Waals surface area (Å²) in [6.45, 7) is 1.90. The number of rotatable bonds is 3. The fourth-order valence-corrected chi connectivity index (χ4v) is 2.92. The van der Waals surface area contributed by atoms with E-state index in [2.05, 4.69) is 21.2 Å². The van der Waals surface area contributed by atoms with Crippen LogP contribution in [0.1, 0.15) is 15.9 Å². The Morgan fingerprint density at radius 3 is 2.24 bits per heavy atom. The summed E-state index contributed by atoms with van der Waals surface area (Å²) in [5.41, 5.74) is 2.06. The average Bonchev–Trinajstić information content (AvgIpc) is 2.41. The topological polar surface area (TPSA) is 63.2 Å². The Hall–Kier alpha value is -1.66. The van der Waals surface area contributed by atoms with E-state index in [9.17, 15) is 13.2 Å². The maximum Gasteiger partial charge on any atom is 0.255 e. The van der Waals surface area contributed by atoms with Gasteiger partial charge in [0.1, 0.15) is 0 Å². The van der Waals surface area contributed by atoms with E-state index in [1.807, 2.05) is 25.1 Å². The monoisotopic (exact) mass is 367 g/mol. The first-order valence-electron chi connectivity index (χ1n) is 6.15. The summed E-state index contributed by atoms with van der Waals surface area (Å²) >= 11 is 3.36. The predicted octanol–water partition coefficient (Wildman–Crippen LogP) is 3.41. The lowest BCUT2D eigenvalue weighted by atomic mass is 10.1. The Morgan fingerprint density at radius 2 is 1.71 bits per heavy atom. The van der Waals surface area contributed by atoms with Crippen molar-refractivity contribution in [1.82, 2.24) is 0 Å². The fourth-order valence-electron chi connectivity index (χ4n) is 1.82. The maximum absolute atomic E-state index is 12.1. The summed E-state index contributed by atoms with van der Waals surface area (Å²) < 4.78 is 23.7. The largest absolute Gasteiger partial charge is 0.322 e. The van der Waals surface area contributed by atoms with Gasteiger partial charge in [-0.15, -0.1) is 0 Å². The lowest BCUT2D eigenvalue weighted by Crippen LogP contribution is -2.13. The molecular weight excluding hydrogens is 354 g/mol. The highest BCUT2D eigenvalue weighted by Crippen LogP contribution is 2.21. The average molecular weight is 368 g/mol. The molecule has 0 aliphatic carbocycles. The number of hydrogen-bond donors (Lipinski definition) is 1. The van der Waals surface area contributed by atoms with Gasteiger partial charge in [0.05, 0.1) is 4.90 Å². The lowest BCUT2D eigenvalue weighted by molar-refractivity contribution is 0.102. The van der Waals surface area contributed by atoms with Crippen LogP contribution in [-0.4, -0.2) is 20.6 Å². The van der Waals surface area contributed by atoms with Crippen molar-refractivity contribution in [3.63, 3.8) is 0 Å². The molecular formula is C15H14BrNO3S. The minimum absolute atomic E-state index is 0.193. The molecule has 0 atom stereocenters. The molecule has 0 radical (unpaired) electrons. The number of hydrogen-bond acceptors (Lipinski definition) is 3. The molecule has 1 N–H and O–H groups in total. The molecule has 2 aromatic carbocycles. The van der Waals surface area contributed by atoms with Crippen LogP contribution in [0, 0.1) is 6.92 Å². The number of anilines is 1. The van der Waals surface area contributed by atoms with Crippen molar-refractivity contribution in [2.45, 2.75) is 11.8 Å². The number of carbonyl (C=O) groups excluding carboxylic acids is 1. The summed E-state index contributed by atoms with van der Waals surface area (Å²) in [7, 11) is -3.25. The normalized spacial score (nSPS) is 11.2. The number of aryl methyl sites for hydroxylation is 1. The highest BCUT2D eigenvalue weighted by Gasteiger charge is 2.11. The third-order valence-electron chi connectivity index (χ3n) is 2.98. The lowest BCUT2D eigenvalue weighted by Gasteiger charge is -2.09. The van der Waals surface area contributed by atoms with Crippen molar-refractivity contribution in [3.8, 4) is 0 Å². The van der Waals surface area contributed by atoms with Gasteiger partial charge >= 0.3 is 0 Å². The highest BCUT2D eigenvalue weighted by molar-refractivity contribution is 9.10. The van der Waals surface area contributed by atoms with Gasteiger partial charge in [-0.25, -0.2) is 8.42 Å². The van der Waals surface area contributed by atoms with Gasteiger partial charge in [-0.1, -0.05) is 15.9 Å². The Balaban J connectivity index is 2.21. The van der Waals surface area contributed by atoms with Crippen molar-refractivity contribution in [2.75, 3.05) is 11.6 Å². The molecule has 0 unspecified atom stereocenters. The van der Waals surface area contributed by atoms with E-state index >= 15 is 0 Å². The number of nitrogens with one attached hydrogen (secondary N) is 1. The molecule has 0 saturated carbocycles. The van der Waals surface area contributed by atoms with E-state index in [1.165, 1.54) is 24.3 Å². The van der Waals surface area contributed by atoms with Crippen molar-refractivity contribution < 1.29 is 13.2 Å². The predicted molar refractivity (Wildman–Crippen MR) is 86.4 cm³/mol. The molecule has 1 amide bonds. The van der Waals surface area contributed by atoms with Crippen molar-refractivity contribution in [1.29, 1.82) is 0 Å². The minimum atomic E-state index is -3.25. The Kier molecular flexibility index (Phi) is 4.49. The zero-order chi connectivity index (χ0) is 15.6. The highest BCUT2D eigenvalue weighted by atomic mass is 79.9. The number of benzene rings is 2. The Bertz CT molecular complexity index is 783. The van der Waals surface area contributed by atoms with Gasteiger partial charge in [0, 0.05) is 22.0 Å². The van der Waals surface area contributed by atoms with E-state index in [0.29, 0.717) is 5.56 Å². The van der Waals surface area contributed by atoms with Crippen LogP contribution in [0.3, 0.4) is 0 Å². The fraction of sp³-hybridized carbons (Fsp3) is 0.133.